The maximum atomic E-state index is 12.6. The molecule has 0 aliphatic heterocycles. The van der Waals surface area contributed by atoms with Gasteiger partial charge in [-0.05, 0) is 51.8 Å². The third-order valence-electron chi connectivity index (χ3n) is 4.55. The van der Waals surface area contributed by atoms with Crippen LogP contribution in [0.15, 0.2) is 24.3 Å². The third-order valence-corrected chi connectivity index (χ3v) is 4.55. The van der Waals surface area contributed by atoms with Crippen molar-refractivity contribution in [1.29, 1.82) is 0 Å². The molecule has 0 saturated carbocycles. The van der Waals surface area contributed by atoms with Crippen molar-refractivity contribution in [3.8, 4) is 5.69 Å². The molecule has 2 N–H and O–H groups in total. The van der Waals surface area contributed by atoms with E-state index in [1.54, 1.807) is 0 Å². The SMILES string of the molecule is CCN[C@H](C)CNC(=O)c1nn(-c2ccc(C)cc2)c2c1CCC2. The molecule has 5 nitrogen and oxygen atoms in total. The highest BCUT2D eigenvalue weighted by molar-refractivity contribution is 5.94. The molecule has 128 valence electrons. The number of nitrogens with zero attached hydrogens (tertiary/aromatic N) is 2. The number of hydrogen-bond donors (Lipinski definition) is 2. The molecule has 1 aliphatic rings. The van der Waals surface area contributed by atoms with Crippen LogP contribution in [0.4, 0.5) is 0 Å². The summed E-state index contributed by atoms with van der Waals surface area (Å²) in [6.07, 6.45) is 3.01. The number of benzene rings is 1. The van der Waals surface area contributed by atoms with E-state index in [0.717, 1.165) is 37.1 Å². The van der Waals surface area contributed by atoms with Gasteiger partial charge in [-0.3, -0.25) is 4.79 Å². The average molecular weight is 326 g/mol. The molecule has 24 heavy (non-hydrogen) atoms. The van der Waals surface area contributed by atoms with Crippen LogP contribution >= 0.6 is 0 Å². The summed E-state index contributed by atoms with van der Waals surface area (Å²) in [5, 5.41) is 11.0. The first kappa shape index (κ1) is 16.7. The molecule has 0 bridgehead atoms. The topological polar surface area (TPSA) is 58.9 Å². The summed E-state index contributed by atoms with van der Waals surface area (Å²) >= 11 is 0. The van der Waals surface area contributed by atoms with Crippen LogP contribution in [0.1, 0.15) is 47.6 Å². The third kappa shape index (κ3) is 3.36. The van der Waals surface area contributed by atoms with Crippen LogP contribution in [-0.4, -0.2) is 34.8 Å². The second kappa shape index (κ2) is 7.18. The first-order valence-corrected chi connectivity index (χ1v) is 8.79. The fraction of sp³-hybridized carbons (Fsp3) is 0.474. The maximum absolute atomic E-state index is 12.6. The number of hydrogen-bond acceptors (Lipinski definition) is 3. The van der Waals surface area contributed by atoms with Gasteiger partial charge in [-0.1, -0.05) is 24.6 Å². The van der Waals surface area contributed by atoms with Gasteiger partial charge in [-0.2, -0.15) is 5.10 Å². The molecule has 3 rings (SSSR count). The Morgan fingerprint density at radius 1 is 1.29 bits per heavy atom. The average Bonchev–Trinajstić information content (AvgIpc) is 3.16. The zero-order chi connectivity index (χ0) is 17.1. The molecular formula is C19H26N4O. The first-order valence-electron chi connectivity index (χ1n) is 8.79. The van der Waals surface area contributed by atoms with E-state index in [9.17, 15) is 4.79 Å². The minimum Gasteiger partial charge on any atom is -0.349 e. The second-order valence-corrected chi connectivity index (χ2v) is 6.54. The number of amides is 1. The van der Waals surface area contributed by atoms with Crippen LogP contribution in [-0.2, 0) is 12.8 Å². The van der Waals surface area contributed by atoms with Gasteiger partial charge < -0.3 is 10.6 Å². The van der Waals surface area contributed by atoms with Crippen molar-refractivity contribution in [3.05, 3.63) is 46.8 Å². The molecule has 0 spiro atoms. The van der Waals surface area contributed by atoms with Crippen molar-refractivity contribution in [2.75, 3.05) is 13.1 Å². The van der Waals surface area contributed by atoms with Crippen LogP contribution in [0.2, 0.25) is 0 Å². The minimum absolute atomic E-state index is 0.0660. The van der Waals surface area contributed by atoms with Crippen LogP contribution in [0.25, 0.3) is 5.69 Å². The lowest BCUT2D eigenvalue weighted by Gasteiger charge is -2.12. The second-order valence-electron chi connectivity index (χ2n) is 6.54. The van der Waals surface area contributed by atoms with Gasteiger partial charge in [-0.15, -0.1) is 0 Å². The lowest BCUT2D eigenvalue weighted by atomic mass is 10.2. The number of aromatic nitrogens is 2. The van der Waals surface area contributed by atoms with Gasteiger partial charge >= 0.3 is 0 Å². The van der Waals surface area contributed by atoms with Crippen molar-refractivity contribution in [3.63, 3.8) is 0 Å². The Balaban J connectivity index is 1.83. The molecule has 1 amide bonds. The van der Waals surface area contributed by atoms with E-state index in [1.807, 2.05) is 4.68 Å². The number of rotatable bonds is 6. The number of fused-ring (bicyclic) bond motifs is 1. The normalized spacial score (nSPS) is 14.5. The number of carbonyl (C=O) groups is 1. The van der Waals surface area contributed by atoms with Crippen LogP contribution < -0.4 is 10.6 Å². The number of nitrogens with one attached hydrogen (secondary N) is 2. The Bertz CT molecular complexity index is 718. The van der Waals surface area contributed by atoms with E-state index in [-0.39, 0.29) is 11.9 Å². The Morgan fingerprint density at radius 2 is 2.04 bits per heavy atom. The lowest BCUT2D eigenvalue weighted by Crippen LogP contribution is -2.39. The van der Waals surface area contributed by atoms with Gasteiger partial charge in [0, 0.05) is 23.8 Å². The molecule has 1 atom stereocenters. The monoisotopic (exact) mass is 326 g/mol. The van der Waals surface area contributed by atoms with Gasteiger partial charge in [0.1, 0.15) is 0 Å². The predicted octanol–water partition coefficient (Wildman–Crippen LogP) is 2.40. The Kier molecular flexibility index (Phi) is 5.00. The van der Waals surface area contributed by atoms with E-state index >= 15 is 0 Å². The van der Waals surface area contributed by atoms with Crippen LogP contribution in [0, 0.1) is 6.92 Å². The first-order chi connectivity index (χ1) is 11.6. The van der Waals surface area contributed by atoms with Crippen molar-refractivity contribution in [1.82, 2.24) is 20.4 Å². The molecule has 5 heteroatoms. The van der Waals surface area contributed by atoms with Gasteiger partial charge in [0.25, 0.3) is 5.91 Å². The van der Waals surface area contributed by atoms with Gasteiger partial charge in [0.15, 0.2) is 5.69 Å². The Morgan fingerprint density at radius 3 is 2.75 bits per heavy atom. The molecule has 1 aromatic heterocycles. The summed E-state index contributed by atoms with van der Waals surface area (Å²) in [6, 6.07) is 8.55. The van der Waals surface area contributed by atoms with Crippen molar-refractivity contribution in [2.45, 2.75) is 46.1 Å². The summed E-state index contributed by atoms with van der Waals surface area (Å²) in [5.74, 6) is -0.0660. The molecular weight excluding hydrogens is 300 g/mol. The Hall–Kier alpha value is -2.14. The largest absolute Gasteiger partial charge is 0.349 e. The fourth-order valence-electron chi connectivity index (χ4n) is 3.27. The maximum Gasteiger partial charge on any atom is 0.272 e. The molecule has 0 unspecified atom stereocenters. The standard InChI is InChI=1S/C19H26N4O/c1-4-20-14(3)12-21-19(24)18-16-6-5-7-17(16)23(22-18)15-10-8-13(2)9-11-15/h8-11,14,20H,4-7,12H2,1-3H3,(H,21,24)/t14-/m1/s1. The molecule has 0 fully saturated rings. The summed E-state index contributed by atoms with van der Waals surface area (Å²) in [7, 11) is 0. The molecule has 0 radical (unpaired) electrons. The summed E-state index contributed by atoms with van der Waals surface area (Å²) in [4.78, 5) is 12.6. The van der Waals surface area contributed by atoms with Gasteiger partial charge in [0.05, 0.1) is 5.69 Å². The number of likely N-dealkylation sites (N-methyl/N-ethyl adjacent to an activating group) is 1. The van der Waals surface area contributed by atoms with Gasteiger partial charge in [0.2, 0.25) is 0 Å². The predicted molar refractivity (Wildman–Crippen MR) is 95.8 cm³/mol. The zero-order valence-corrected chi connectivity index (χ0v) is 14.7. The van der Waals surface area contributed by atoms with Crippen LogP contribution in [0.3, 0.4) is 0 Å². The lowest BCUT2D eigenvalue weighted by molar-refractivity contribution is 0.0944. The van der Waals surface area contributed by atoms with Gasteiger partial charge in [-0.25, -0.2) is 4.68 Å². The van der Waals surface area contributed by atoms with Crippen molar-refractivity contribution in [2.24, 2.45) is 0 Å². The molecule has 1 aromatic carbocycles. The summed E-state index contributed by atoms with van der Waals surface area (Å²) in [5.41, 5.74) is 5.14. The molecule has 0 saturated heterocycles. The quantitative estimate of drug-likeness (QED) is 0.857. The molecule has 2 aromatic rings. The zero-order valence-electron chi connectivity index (χ0n) is 14.7. The van der Waals surface area contributed by atoms with E-state index in [4.69, 9.17) is 0 Å². The van der Waals surface area contributed by atoms with E-state index < -0.39 is 0 Å². The molecule has 1 heterocycles. The summed E-state index contributed by atoms with van der Waals surface area (Å²) in [6.45, 7) is 7.71. The summed E-state index contributed by atoms with van der Waals surface area (Å²) < 4.78 is 1.95. The minimum atomic E-state index is -0.0660. The smallest absolute Gasteiger partial charge is 0.272 e. The van der Waals surface area contributed by atoms with Crippen molar-refractivity contribution < 1.29 is 4.79 Å². The van der Waals surface area contributed by atoms with E-state index in [1.165, 1.54) is 11.3 Å². The number of aryl methyl sites for hydroxylation is 1. The van der Waals surface area contributed by atoms with E-state index in [2.05, 4.69) is 60.8 Å². The highest BCUT2D eigenvalue weighted by Crippen LogP contribution is 2.27. The van der Waals surface area contributed by atoms with Crippen molar-refractivity contribution >= 4 is 5.91 Å². The highest BCUT2D eigenvalue weighted by atomic mass is 16.2. The van der Waals surface area contributed by atoms with E-state index in [0.29, 0.717) is 12.2 Å². The van der Waals surface area contributed by atoms with Crippen LogP contribution in [0.5, 0.6) is 0 Å². The molecule has 1 aliphatic carbocycles. The number of carbonyl (C=O) groups excluding carboxylic acids is 1. The Labute approximate surface area is 143 Å². The fourth-order valence-corrected chi connectivity index (χ4v) is 3.27. The highest BCUT2D eigenvalue weighted by Gasteiger charge is 2.26.